The Balaban J connectivity index is 2.15. The molecule has 1 aromatic rings. The van der Waals surface area contributed by atoms with Gasteiger partial charge in [-0.3, -0.25) is 0 Å². The highest BCUT2D eigenvalue weighted by Gasteiger charge is 1.92. The van der Waals surface area contributed by atoms with E-state index in [0.717, 1.165) is 5.82 Å². The van der Waals surface area contributed by atoms with Gasteiger partial charge in [-0.05, 0) is 12.1 Å². The molecule has 5 heteroatoms. The highest BCUT2D eigenvalue weighted by molar-refractivity contribution is 6.30. The maximum Gasteiger partial charge on any atom is 0.126 e. The number of nitrogens with one attached hydrogen (secondary N) is 1. The van der Waals surface area contributed by atoms with Crippen LogP contribution in [-0.2, 0) is 4.74 Å². The van der Waals surface area contributed by atoms with Crippen molar-refractivity contribution in [1.82, 2.24) is 4.98 Å². The Morgan fingerprint density at radius 3 is 2.86 bits per heavy atom. The summed E-state index contributed by atoms with van der Waals surface area (Å²) in [6.07, 6.45) is 1.60. The van der Waals surface area contributed by atoms with Crippen LogP contribution in [0.5, 0.6) is 0 Å². The zero-order valence-electron chi connectivity index (χ0n) is 7.67. The molecule has 1 heterocycles. The summed E-state index contributed by atoms with van der Waals surface area (Å²) >= 11 is 11.1. The maximum atomic E-state index is 5.68. The van der Waals surface area contributed by atoms with Crippen molar-refractivity contribution in [3.8, 4) is 0 Å². The van der Waals surface area contributed by atoms with Crippen LogP contribution in [0.4, 0.5) is 5.82 Å². The van der Waals surface area contributed by atoms with Crippen LogP contribution in [0.3, 0.4) is 0 Å². The van der Waals surface area contributed by atoms with Crippen LogP contribution in [0.1, 0.15) is 0 Å². The van der Waals surface area contributed by atoms with Crippen LogP contribution < -0.4 is 5.32 Å². The van der Waals surface area contributed by atoms with Gasteiger partial charge in [-0.25, -0.2) is 4.98 Å². The van der Waals surface area contributed by atoms with Crippen molar-refractivity contribution in [2.24, 2.45) is 0 Å². The zero-order valence-corrected chi connectivity index (χ0v) is 9.18. The summed E-state index contributed by atoms with van der Waals surface area (Å²) < 4.78 is 5.18. The molecule has 1 aromatic heterocycles. The molecule has 0 bridgehead atoms. The lowest BCUT2D eigenvalue weighted by molar-refractivity contribution is 0.160. The summed E-state index contributed by atoms with van der Waals surface area (Å²) in [6.45, 7) is 1.92. The smallest absolute Gasteiger partial charge is 0.126 e. The van der Waals surface area contributed by atoms with E-state index >= 15 is 0 Å². The van der Waals surface area contributed by atoms with Crippen LogP contribution in [0.15, 0.2) is 18.3 Å². The van der Waals surface area contributed by atoms with Crippen molar-refractivity contribution in [2.45, 2.75) is 0 Å². The van der Waals surface area contributed by atoms with E-state index < -0.39 is 0 Å². The molecule has 0 aliphatic heterocycles. The predicted octanol–water partition coefficient (Wildman–Crippen LogP) is 2.40. The summed E-state index contributed by atoms with van der Waals surface area (Å²) in [4.78, 5) is 4.07. The van der Waals surface area contributed by atoms with Crippen molar-refractivity contribution in [3.05, 3.63) is 23.4 Å². The van der Waals surface area contributed by atoms with Gasteiger partial charge in [0.25, 0.3) is 0 Å². The molecule has 1 rings (SSSR count). The minimum absolute atomic E-state index is 0.527. The van der Waals surface area contributed by atoms with E-state index in [1.807, 2.05) is 6.07 Å². The average Bonchev–Trinajstić information content (AvgIpc) is 2.21. The van der Waals surface area contributed by atoms with Crippen LogP contribution in [-0.4, -0.2) is 30.6 Å². The SMILES string of the molecule is ClCCOCCNc1ccc(Cl)cn1. The zero-order chi connectivity index (χ0) is 10.2. The van der Waals surface area contributed by atoms with Crippen molar-refractivity contribution < 1.29 is 4.74 Å². The maximum absolute atomic E-state index is 5.68. The third-order valence-corrected chi connectivity index (χ3v) is 1.88. The molecule has 0 saturated carbocycles. The first-order valence-corrected chi connectivity index (χ1v) is 5.23. The quantitative estimate of drug-likeness (QED) is 0.607. The predicted molar refractivity (Wildman–Crippen MR) is 59.3 cm³/mol. The van der Waals surface area contributed by atoms with E-state index in [2.05, 4.69) is 10.3 Å². The minimum Gasteiger partial charge on any atom is -0.378 e. The van der Waals surface area contributed by atoms with E-state index in [-0.39, 0.29) is 0 Å². The Bertz CT molecular complexity index is 253. The number of hydrogen-bond donors (Lipinski definition) is 1. The van der Waals surface area contributed by atoms with E-state index in [1.165, 1.54) is 0 Å². The first-order valence-electron chi connectivity index (χ1n) is 4.32. The van der Waals surface area contributed by atoms with Gasteiger partial charge in [0.1, 0.15) is 5.82 Å². The number of rotatable bonds is 6. The Kier molecular flexibility index (Phi) is 5.68. The molecule has 0 aromatic carbocycles. The number of halogens is 2. The molecule has 0 spiro atoms. The molecular weight excluding hydrogens is 223 g/mol. The lowest BCUT2D eigenvalue weighted by Crippen LogP contribution is -2.11. The fourth-order valence-corrected chi connectivity index (χ4v) is 1.11. The van der Waals surface area contributed by atoms with Gasteiger partial charge < -0.3 is 10.1 Å². The Morgan fingerprint density at radius 1 is 1.36 bits per heavy atom. The molecule has 0 radical (unpaired) electrons. The van der Waals surface area contributed by atoms with Crippen LogP contribution in [0.25, 0.3) is 0 Å². The Labute approximate surface area is 93.4 Å². The first kappa shape index (κ1) is 11.6. The standard InChI is InChI=1S/C9H12Cl2N2O/c10-3-5-14-6-4-12-9-2-1-8(11)7-13-9/h1-2,7H,3-6H2,(H,12,13). The molecule has 0 fully saturated rings. The van der Waals surface area contributed by atoms with Crippen LogP contribution >= 0.6 is 23.2 Å². The fourth-order valence-electron chi connectivity index (χ4n) is 0.888. The third-order valence-electron chi connectivity index (χ3n) is 1.50. The normalized spacial score (nSPS) is 10.1. The van der Waals surface area contributed by atoms with E-state index in [0.29, 0.717) is 30.7 Å². The van der Waals surface area contributed by atoms with Gasteiger partial charge in [-0.15, -0.1) is 11.6 Å². The van der Waals surface area contributed by atoms with Crippen molar-refractivity contribution >= 4 is 29.0 Å². The molecule has 3 nitrogen and oxygen atoms in total. The molecule has 0 aliphatic rings. The molecule has 1 N–H and O–H groups in total. The number of aromatic nitrogens is 1. The summed E-state index contributed by atoms with van der Waals surface area (Å²) in [5, 5.41) is 3.73. The monoisotopic (exact) mass is 234 g/mol. The van der Waals surface area contributed by atoms with Gasteiger partial charge in [0.2, 0.25) is 0 Å². The van der Waals surface area contributed by atoms with E-state index in [9.17, 15) is 0 Å². The second-order valence-electron chi connectivity index (χ2n) is 2.59. The Morgan fingerprint density at radius 2 is 2.21 bits per heavy atom. The molecule has 14 heavy (non-hydrogen) atoms. The third kappa shape index (κ3) is 4.65. The van der Waals surface area contributed by atoms with Crippen molar-refractivity contribution in [2.75, 3.05) is 31.0 Å². The number of nitrogens with zero attached hydrogens (tertiary/aromatic N) is 1. The highest BCUT2D eigenvalue weighted by Crippen LogP contribution is 2.08. The lowest BCUT2D eigenvalue weighted by Gasteiger charge is -2.05. The molecule has 78 valence electrons. The van der Waals surface area contributed by atoms with Crippen molar-refractivity contribution in [1.29, 1.82) is 0 Å². The molecule has 0 saturated heterocycles. The molecule has 0 amide bonds. The summed E-state index contributed by atoms with van der Waals surface area (Å²) in [5.74, 6) is 1.32. The highest BCUT2D eigenvalue weighted by atomic mass is 35.5. The van der Waals surface area contributed by atoms with Crippen LogP contribution in [0, 0.1) is 0 Å². The van der Waals surface area contributed by atoms with Gasteiger partial charge in [0.15, 0.2) is 0 Å². The van der Waals surface area contributed by atoms with Crippen molar-refractivity contribution in [3.63, 3.8) is 0 Å². The average molecular weight is 235 g/mol. The van der Waals surface area contributed by atoms with Gasteiger partial charge in [0.05, 0.1) is 18.2 Å². The van der Waals surface area contributed by atoms with Gasteiger partial charge >= 0.3 is 0 Å². The van der Waals surface area contributed by atoms with Crippen LogP contribution in [0.2, 0.25) is 5.02 Å². The molecule has 0 atom stereocenters. The summed E-state index contributed by atoms with van der Waals surface area (Å²) in [6, 6.07) is 3.61. The minimum atomic E-state index is 0.527. The largest absolute Gasteiger partial charge is 0.378 e. The molecule has 0 unspecified atom stereocenters. The van der Waals surface area contributed by atoms with E-state index in [1.54, 1.807) is 12.3 Å². The van der Waals surface area contributed by atoms with Gasteiger partial charge in [0, 0.05) is 18.6 Å². The second-order valence-corrected chi connectivity index (χ2v) is 3.40. The van der Waals surface area contributed by atoms with E-state index in [4.69, 9.17) is 27.9 Å². The lowest BCUT2D eigenvalue weighted by atomic mass is 10.4. The number of pyridine rings is 1. The number of anilines is 1. The Hall–Kier alpha value is -0.510. The number of hydrogen-bond acceptors (Lipinski definition) is 3. The van der Waals surface area contributed by atoms with Gasteiger partial charge in [-0.1, -0.05) is 11.6 Å². The molecule has 0 aliphatic carbocycles. The second kappa shape index (κ2) is 6.87. The first-order chi connectivity index (χ1) is 6.83. The summed E-state index contributed by atoms with van der Waals surface area (Å²) in [7, 11) is 0. The fraction of sp³-hybridized carbons (Fsp3) is 0.444. The number of ether oxygens (including phenoxy) is 1. The molecular formula is C9H12Cl2N2O. The summed E-state index contributed by atoms with van der Waals surface area (Å²) in [5.41, 5.74) is 0. The number of alkyl halides is 1. The van der Waals surface area contributed by atoms with Gasteiger partial charge in [-0.2, -0.15) is 0 Å². The topological polar surface area (TPSA) is 34.1 Å².